The van der Waals surface area contributed by atoms with E-state index < -0.39 is 162 Å². The van der Waals surface area contributed by atoms with Crippen LogP contribution in [0.15, 0.2) is 70.6 Å². The van der Waals surface area contributed by atoms with Gasteiger partial charge in [-0.15, -0.1) is 0 Å². The van der Waals surface area contributed by atoms with Crippen LogP contribution < -0.4 is 10.4 Å². The lowest BCUT2D eigenvalue weighted by molar-refractivity contribution is -0.151. The molecule has 0 amide bonds. The second kappa shape index (κ2) is 15.4. The molecule has 5 aromatic rings. The number of alkyl halides is 24. The first-order valence-corrected chi connectivity index (χ1v) is 17.5. The normalized spacial score (nSPS) is 15.2. The van der Waals surface area contributed by atoms with E-state index in [9.17, 15) is 105 Å². The van der Waals surface area contributed by atoms with Crippen molar-refractivity contribution in [2.45, 2.75) is 49.4 Å². The smallest absolute Gasteiger partial charge is 0.246 e. The van der Waals surface area contributed by atoms with Crippen molar-refractivity contribution in [3.8, 4) is 0 Å². The van der Waals surface area contributed by atoms with E-state index >= 15 is 0 Å². The summed E-state index contributed by atoms with van der Waals surface area (Å²) in [5.41, 5.74) is -31.5. The number of pyridine rings is 4. The number of benzene rings is 1. The summed E-state index contributed by atoms with van der Waals surface area (Å²) in [5.74, 6) is 0. The predicted octanol–water partition coefficient (Wildman–Crippen LogP) is 11.4. The summed E-state index contributed by atoms with van der Waals surface area (Å²) in [6, 6.07) is -0.578. The largest absolute Gasteiger partial charge is 0.433 e. The Kier molecular flexibility index (Phi) is 11.1. The van der Waals surface area contributed by atoms with E-state index in [0.717, 1.165) is 0 Å². The quantitative estimate of drug-likeness (QED) is 0.168. The number of aromatic nitrogens is 4. The van der Waals surface area contributed by atoms with Crippen LogP contribution in [0.3, 0.4) is 0 Å². The lowest BCUT2D eigenvalue weighted by Gasteiger charge is -2.14. The molecule has 0 atom stereocenters. The SMILES string of the molecule is FC(F)(F)c1cc(C2=NC(c3cc(C(F)(F)F)nc(C(F)(F)F)c3)=c3cc4c(cc32)=C(c2cc(C(F)(F)F)nc(C(F)(F)F)c2)N=C4c2cc(C(F)(F)F)nc(C(F)(F)F)c2)cc(C(F)(F)F)n1. The standard InChI is InChI=1S/C38H10F24N6/c39-31(40,41)19-1-11(2-20(63-19)32(42,43)44)27-15-9-17-18(10-16(15)28(67-27)12-3-21(33(45,46)47)64-22(4-12)34(48,49)50)30(14-7-25(37(57,58)59)66-26(8-14)38(60,61)62)68-29(17)13-5-23(35(51,52)53)65-24(6-13)36(54,55)56/h1-10H. The first-order chi connectivity index (χ1) is 30.7. The van der Waals surface area contributed by atoms with Gasteiger partial charge in [-0.25, -0.2) is 29.9 Å². The molecule has 6 nitrogen and oxygen atoms in total. The molecule has 30 heteroatoms. The molecule has 0 bridgehead atoms. The summed E-state index contributed by atoms with van der Waals surface area (Å²) in [4.78, 5) is 17.4. The molecule has 7 rings (SSSR count). The van der Waals surface area contributed by atoms with E-state index in [0.29, 0.717) is 12.1 Å². The molecular formula is C38H10F24N6. The molecule has 0 saturated carbocycles. The van der Waals surface area contributed by atoms with Crippen molar-refractivity contribution >= 4 is 22.8 Å². The maximum absolute atomic E-state index is 14.0. The van der Waals surface area contributed by atoms with Gasteiger partial charge in [0, 0.05) is 43.8 Å². The molecule has 0 unspecified atom stereocenters. The Bertz CT molecular complexity index is 2770. The molecule has 360 valence electrons. The summed E-state index contributed by atoms with van der Waals surface area (Å²) < 4.78 is 336. The van der Waals surface area contributed by atoms with Crippen LogP contribution in [0.4, 0.5) is 105 Å². The van der Waals surface area contributed by atoms with Crippen molar-refractivity contribution < 1.29 is 105 Å². The van der Waals surface area contributed by atoms with Crippen LogP contribution in [-0.2, 0) is 49.4 Å². The lowest BCUT2D eigenvalue weighted by atomic mass is 9.93. The predicted molar refractivity (Wildman–Crippen MR) is 179 cm³/mol. The highest BCUT2D eigenvalue weighted by Gasteiger charge is 2.44. The van der Waals surface area contributed by atoms with E-state index in [1.807, 2.05) is 0 Å². The zero-order valence-electron chi connectivity index (χ0n) is 31.5. The molecule has 0 fully saturated rings. The highest BCUT2D eigenvalue weighted by atomic mass is 19.4. The average molecular weight is 1010 g/mol. The molecule has 2 aliphatic heterocycles. The summed E-state index contributed by atoms with van der Waals surface area (Å²) in [6.45, 7) is 0. The summed E-state index contributed by atoms with van der Waals surface area (Å²) >= 11 is 0. The number of aliphatic imine (C=N–C) groups is 2. The van der Waals surface area contributed by atoms with Crippen LogP contribution in [0.2, 0.25) is 0 Å². The number of hydrogen-bond donors (Lipinski definition) is 0. The van der Waals surface area contributed by atoms with E-state index in [1.165, 1.54) is 0 Å². The van der Waals surface area contributed by atoms with Gasteiger partial charge in [-0.3, -0.25) is 0 Å². The van der Waals surface area contributed by atoms with Crippen LogP contribution in [-0.4, -0.2) is 31.4 Å². The fourth-order valence-corrected chi connectivity index (χ4v) is 6.56. The van der Waals surface area contributed by atoms with Gasteiger partial charge in [-0.1, -0.05) is 0 Å². The maximum Gasteiger partial charge on any atom is 0.433 e. The Balaban J connectivity index is 1.70. The molecule has 1 aromatic carbocycles. The van der Waals surface area contributed by atoms with Crippen LogP contribution in [0.1, 0.15) is 78.9 Å². The highest BCUT2D eigenvalue weighted by Crippen LogP contribution is 2.41. The van der Waals surface area contributed by atoms with Crippen molar-refractivity contribution in [3.05, 3.63) is 150 Å². The maximum atomic E-state index is 14.0. The number of hydrogen-bond acceptors (Lipinski definition) is 6. The molecule has 4 aromatic heterocycles. The van der Waals surface area contributed by atoms with Crippen molar-refractivity contribution in [1.29, 1.82) is 0 Å². The third-order valence-electron chi connectivity index (χ3n) is 9.34. The minimum atomic E-state index is -5.77. The monoisotopic (exact) mass is 1010 g/mol. The molecule has 0 aliphatic carbocycles. The van der Waals surface area contributed by atoms with Gasteiger partial charge >= 0.3 is 49.4 Å². The van der Waals surface area contributed by atoms with Crippen LogP contribution in [0, 0.1) is 0 Å². The summed E-state index contributed by atoms with van der Waals surface area (Å²) in [5, 5.41) is -2.02. The van der Waals surface area contributed by atoms with Gasteiger partial charge in [0.05, 0.1) is 22.8 Å². The minimum absolute atomic E-state index is 0.169. The average Bonchev–Trinajstić information content (AvgIpc) is 3.75. The van der Waals surface area contributed by atoms with Crippen LogP contribution in [0.25, 0.3) is 11.4 Å². The van der Waals surface area contributed by atoms with E-state index in [4.69, 9.17) is 0 Å². The first-order valence-electron chi connectivity index (χ1n) is 17.5. The molecular weight excluding hydrogens is 996 g/mol. The molecule has 2 aliphatic rings. The third-order valence-corrected chi connectivity index (χ3v) is 9.34. The Morgan fingerprint density at radius 3 is 0.588 bits per heavy atom. The Labute approximate surface area is 357 Å². The summed E-state index contributed by atoms with van der Waals surface area (Å²) in [7, 11) is 0. The second-order valence-electron chi connectivity index (χ2n) is 14.0. The number of fused-ring (bicyclic) bond motifs is 2. The van der Waals surface area contributed by atoms with Crippen LogP contribution in [0.5, 0.6) is 0 Å². The highest BCUT2D eigenvalue weighted by molar-refractivity contribution is 6.21. The van der Waals surface area contributed by atoms with E-state index in [1.54, 1.807) is 0 Å². The lowest BCUT2D eigenvalue weighted by Crippen LogP contribution is -2.25. The third kappa shape index (κ3) is 9.52. The first kappa shape index (κ1) is 49.1. The fourth-order valence-electron chi connectivity index (χ4n) is 6.56. The van der Waals surface area contributed by atoms with Crippen molar-refractivity contribution in [3.63, 3.8) is 0 Å². The van der Waals surface area contributed by atoms with Gasteiger partial charge in [0.25, 0.3) is 0 Å². The molecule has 68 heavy (non-hydrogen) atoms. The zero-order chi connectivity index (χ0) is 50.9. The van der Waals surface area contributed by atoms with Crippen molar-refractivity contribution in [2.24, 2.45) is 9.98 Å². The van der Waals surface area contributed by atoms with Gasteiger partial charge in [0.1, 0.15) is 45.6 Å². The van der Waals surface area contributed by atoms with Crippen molar-refractivity contribution in [2.75, 3.05) is 0 Å². The molecule has 0 saturated heterocycles. The Morgan fingerprint density at radius 1 is 0.235 bits per heavy atom. The van der Waals surface area contributed by atoms with Crippen LogP contribution >= 0.6 is 0 Å². The summed E-state index contributed by atoms with van der Waals surface area (Å²) in [6.07, 6.45) is -46.2. The minimum Gasteiger partial charge on any atom is -0.246 e. The van der Waals surface area contributed by atoms with Gasteiger partial charge in [-0.05, 0) is 60.7 Å². The molecule has 0 N–H and O–H groups in total. The Hall–Kier alpha value is -6.78. The van der Waals surface area contributed by atoms with Gasteiger partial charge in [0.2, 0.25) is 0 Å². The van der Waals surface area contributed by atoms with Gasteiger partial charge < -0.3 is 0 Å². The molecule has 6 heterocycles. The number of halogens is 24. The molecule has 0 radical (unpaired) electrons. The van der Waals surface area contributed by atoms with E-state index in [-0.39, 0.29) is 48.5 Å². The number of nitrogens with zero attached hydrogens (tertiary/aromatic N) is 6. The zero-order valence-corrected chi connectivity index (χ0v) is 31.5. The van der Waals surface area contributed by atoms with Crippen molar-refractivity contribution in [1.82, 2.24) is 19.9 Å². The second-order valence-corrected chi connectivity index (χ2v) is 14.0. The molecule has 0 spiro atoms. The number of rotatable bonds is 4. The van der Waals surface area contributed by atoms with Gasteiger partial charge in [-0.2, -0.15) is 105 Å². The topological polar surface area (TPSA) is 76.3 Å². The fraction of sp³-hybridized carbons (Fsp3) is 0.211. The van der Waals surface area contributed by atoms with E-state index in [2.05, 4.69) is 29.9 Å². The van der Waals surface area contributed by atoms with Gasteiger partial charge in [0.15, 0.2) is 0 Å². The Morgan fingerprint density at radius 2 is 0.412 bits per heavy atom.